The summed E-state index contributed by atoms with van der Waals surface area (Å²) in [5.74, 6) is 1.97. The van der Waals surface area contributed by atoms with Gasteiger partial charge in [-0.25, -0.2) is 20.4 Å². The van der Waals surface area contributed by atoms with E-state index in [4.69, 9.17) is 5.21 Å². The zero-order valence-corrected chi connectivity index (χ0v) is 17.2. The Balaban J connectivity index is 0.00000190. The zero-order valence-electron chi connectivity index (χ0n) is 17.2. The molecule has 2 heterocycles. The molecular formula is C19H31N7O2. The molecule has 0 fully saturated rings. The molecule has 2 aromatic heterocycles. The van der Waals surface area contributed by atoms with Crippen molar-refractivity contribution in [3.05, 3.63) is 31.0 Å². The van der Waals surface area contributed by atoms with Gasteiger partial charge in [0.25, 0.3) is 0 Å². The molecule has 9 heteroatoms. The minimum absolute atomic E-state index is 0.336. The van der Waals surface area contributed by atoms with E-state index in [-0.39, 0.29) is 5.91 Å². The van der Waals surface area contributed by atoms with Crippen LogP contribution in [0.1, 0.15) is 46.0 Å². The molecule has 2 aromatic rings. The fourth-order valence-electron chi connectivity index (χ4n) is 2.47. The lowest BCUT2D eigenvalue weighted by molar-refractivity contribution is -0.129. The van der Waals surface area contributed by atoms with Crippen molar-refractivity contribution in [1.29, 1.82) is 0 Å². The zero-order chi connectivity index (χ0) is 20.8. The van der Waals surface area contributed by atoms with Crippen molar-refractivity contribution in [3.63, 3.8) is 0 Å². The minimum atomic E-state index is -0.344. The van der Waals surface area contributed by atoms with E-state index in [1.54, 1.807) is 30.4 Å². The second-order valence-corrected chi connectivity index (χ2v) is 6.04. The average molecular weight is 390 g/mol. The van der Waals surface area contributed by atoms with E-state index in [9.17, 15) is 4.79 Å². The molecule has 0 aliphatic carbocycles. The van der Waals surface area contributed by atoms with Crippen LogP contribution in [0.15, 0.2) is 31.0 Å². The van der Waals surface area contributed by atoms with E-state index in [0.717, 1.165) is 49.7 Å². The summed E-state index contributed by atoms with van der Waals surface area (Å²) in [6.45, 7) is 4.73. The highest BCUT2D eigenvalue weighted by Crippen LogP contribution is 2.23. The van der Waals surface area contributed by atoms with Crippen molar-refractivity contribution in [2.75, 3.05) is 30.4 Å². The van der Waals surface area contributed by atoms with Gasteiger partial charge in [0, 0.05) is 45.5 Å². The third kappa shape index (κ3) is 7.83. The topological polar surface area (TPSA) is 107 Å². The molecule has 9 nitrogen and oxygen atoms in total. The largest absolute Gasteiger partial charge is 0.363 e. The molecule has 0 aliphatic heterocycles. The molecule has 0 radical (unpaired) electrons. The van der Waals surface area contributed by atoms with Gasteiger partial charge in [-0.05, 0) is 12.8 Å². The molecule has 0 atom stereocenters. The number of carbonyl (C=O) groups is 1. The van der Waals surface area contributed by atoms with Gasteiger partial charge in [0.15, 0.2) is 5.82 Å². The van der Waals surface area contributed by atoms with Gasteiger partial charge in [0.1, 0.15) is 18.0 Å². The summed E-state index contributed by atoms with van der Waals surface area (Å²) in [5.41, 5.74) is 1.65. The number of anilines is 3. The first kappa shape index (κ1) is 23.2. The Morgan fingerprint density at radius 3 is 2.36 bits per heavy atom. The number of nitrogens with zero attached hydrogens (tertiary/aromatic N) is 6. The first-order chi connectivity index (χ1) is 13.6. The lowest BCUT2D eigenvalue weighted by Crippen LogP contribution is -2.22. The van der Waals surface area contributed by atoms with Crippen LogP contribution in [0.5, 0.6) is 0 Å². The van der Waals surface area contributed by atoms with Crippen molar-refractivity contribution in [3.8, 4) is 0 Å². The number of carbonyl (C=O) groups excluding carboxylic acids is 1. The SMILES string of the molecule is CC.CN(C)c1cc(N(CCCCCCC(=O)NO)c2cnccn2)ncn1. The number of nitrogens with one attached hydrogen (secondary N) is 1. The Kier molecular flexibility index (Phi) is 11.1. The highest BCUT2D eigenvalue weighted by atomic mass is 16.5. The lowest BCUT2D eigenvalue weighted by Gasteiger charge is -2.23. The van der Waals surface area contributed by atoms with E-state index < -0.39 is 0 Å². The number of hydroxylamine groups is 1. The van der Waals surface area contributed by atoms with Crippen LogP contribution in [0.2, 0.25) is 0 Å². The van der Waals surface area contributed by atoms with Gasteiger partial charge in [-0.1, -0.05) is 26.7 Å². The predicted molar refractivity (Wildman–Crippen MR) is 110 cm³/mol. The summed E-state index contributed by atoms with van der Waals surface area (Å²) in [6.07, 6.45) is 10.4. The maximum Gasteiger partial charge on any atom is 0.243 e. The molecule has 0 spiro atoms. The van der Waals surface area contributed by atoms with Crippen LogP contribution in [0, 0.1) is 0 Å². The van der Waals surface area contributed by atoms with Gasteiger partial charge < -0.3 is 9.80 Å². The molecule has 0 bridgehead atoms. The first-order valence-electron chi connectivity index (χ1n) is 9.57. The molecular weight excluding hydrogens is 358 g/mol. The van der Waals surface area contributed by atoms with Crippen LogP contribution in [0.25, 0.3) is 0 Å². The third-order valence-electron chi connectivity index (χ3n) is 3.86. The summed E-state index contributed by atoms with van der Waals surface area (Å²) in [4.78, 5) is 32.1. The van der Waals surface area contributed by atoms with E-state index in [2.05, 4.69) is 19.9 Å². The van der Waals surface area contributed by atoms with Crippen LogP contribution in [-0.4, -0.2) is 51.7 Å². The standard InChI is InChI=1S/C17H25N7O2.C2H6/c1-23(2)14-11-15(21-13-20-14)24(16-12-18-8-9-19-16)10-6-4-3-5-7-17(25)22-26;1-2/h8-9,11-13,26H,3-7,10H2,1-2H3,(H,22,25);1-2H3. The fraction of sp³-hybridized carbons (Fsp3) is 0.526. The Morgan fingerprint density at radius 1 is 1.00 bits per heavy atom. The van der Waals surface area contributed by atoms with Crippen molar-refractivity contribution in [2.24, 2.45) is 0 Å². The second-order valence-electron chi connectivity index (χ2n) is 6.04. The second kappa shape index (κ2) is 13.4. The predicted octanol–water partition coefficient (Wildman–Crippen LogP) is 2.95. The van der Waals surface area contributed by atoms with Gasteiger partial charge in [-0.2, -0.15) is 0 Å². The lowest BCUT2D eigenvalue weighted by atomic mass is 10.1. The van der Waals surface area contributed by atoms with E-state index in [0.29, 0.717) is 6.42 Å². The van der Waals surface area contributed by atoms with Gasteiger partial charge in [0.05, 0.1) is 6.20 Å². The van der Waals surface area contributed by atoms with Crippen LogP contribution in [0.3, 0.4) is 0 Å². The van der Waals surface area contributed by atoms with E-state index in [1.807, 2.05) is 43.8 Å². The summed E-state index contributed by atoms with van der Waals surface area (Å²) in [5, 5.41) is 8.49. The number of aromatic nitrogens is 4. The first-order valence-corrected chi connectivity index (χ1v) is 9.57. The average Bonchev–Trinajstić information content (AvgIpc) is 2.75. The highest BCUT2D eigenvalue weighted by Gasteiger charge is 2.13. The van der Waals surface area contributed by atoms with Crippen molar-refractivity contribution >= 4 is 23.4 Å². The summed E-state index contributed by atoms with van der Waals surface area (Å²) < 4.78 is 0. The molecule has 0 unspecified atom stereocenters. The maximum absolute atomic E-state index is 11.0. The summed E-state index contributed by atoms with van der Waals surface area (Å²) in [6, 6.07) is 1.92. The summed E-state index contributed by atoms with van der Waals surface area (Å²) in [7, 11) is 3.86. The smallest absolute Gasteiger partial charge is 0.243 e. The van der Waals surface area contributed by atoms with Crippen LogP contribution < -0.4 is 15.3 Å². The van der Waals surface area contributed by atoms with Crippen molar-refractivity contribution < 1.29 is 10.0 Å². The molecule has 154 valence electrons. The Labute approximate surface area is 166 Å². The monoisotopic (exact) mass is 389 g/mol. The summed E-state index contributed by atoms with van der Waals surface area (Å²) >= 11 is 0. The number of unbranched alkanes of at least 4 members (excludes halogenated alkanes) is 3. The molecule has 0 aliphatic rings. The molecule has 0 saturated carbocycles. The molecule has 0 saturated heterocycles. The normalized spacial score (nSPS) is 9.89. The van der Waals surface area contributed by atoms with Gasteiger partial charge in [0.2, 0.25) is 5.91 Å². The van der Waals surface area contributed by atoms with Crippen LogP contribution in [0.4, 0.5) is 17.5 Å². The Bertz CT molecular complexity index is 683. The minimum Gasteiger partial charge on any atom is -0.363 e. The number of hydrogen-bond donors (Lipinski definition) is 2. The van der Waals surface area contributed by atoms with Crippen LogP contribution in [-0.2, 0) is 4.79 Å². The molecule has 28 heavy (non-hydrogen) atoms. The quantitative estimate of drug-likeness (QED) is 0.363. The van der Waals surface area contributed by atoms with Crippen LogP contribution >= 0.6 is 0 Å². The maximum atomic E-state index is 11.0. The van der Waals surface area contributed by atoms with Crippen molar-refractivity contribution in [2.45, 2.75) is 46.0 Å². The molecule has 2 rings (SSSR count). The highest BCUT2D eigenvalue weighted by molar-refractivity contribution is 5.74. The van der Waals surface area contributed by atoms with Gasteiger partial charge in [-0.15, -0.1) is 0 Å². The Morgan fingerprint density at radius 2 is 1.71 bits per heavy atom. The number of rotatable bonds is 10. The molecule has 2 N–H and O–H groups in total. The molecule has 0 aromatic carbocycles. The van der Waals surface area contributed by atoms with Crippen molar-refractivity contribution in [1.82, 2.24) is 25.4 Å². The fourth-order valence-corrected chi connectivity index (χ4v) is 2.47. The number of amides is 1. The Hall–Kier alpha value is -2.81. The molecule has 1 amide bonds. The van der Waals surface area contributed by atoms with E-state index >= 15 is 0 Å². The number of hydrogen-bond acceptors (Lipinski definition) is 8. The van der Waals surface area contributed by atoms with E-state index in [1.165, 1.54) is 0 Å². The van der Waals surface area contributed by atoms with Gasteiger partial charge >= 0.3 is 0 Å². The van der Waals surface area contributed by atoms with Gasteiger partial charge in [-0.3, -0.25) is 15.0 Å². The third-order valence-corrected chi connectivity index (χ3v) is 3.86.